The number of ketones is 1. The Hall–Kier alpha value is -1.43. The second-order valence-electron chi connectivity index (χ2n) is 4.50. The molecule has 0 aliphatic heterocycles. The number of halogens is 4. The minimum absolute atomic E-state index is 0.0466. The first-order valence-corrected chi connectivity index (χ1v) is 5.85. The van der Waals surface area contributed by atoms with Crippen molar-refractivity contribution in [3.8, 4) is 0 Å². The zero-order valence-corrected chi connectivity index (χ0v) is 10.4. The molecule has 2 N–H and O–H groups in total. The predicted octanol–water partition coefficient (Wildman–Crippen LogP) is 3.40. The number of hydrogen-bond donors (Lipinski definition) is 1. The summed E-state index contributed by atoms with van der Waals surface area (Å²) in [5, 5.41) is 0. The number of Topliss-reactive ketones (excluding diaryl/α,β-unsaturated/α-hetero) is 1. The van der Waals surface area contributed by atoms with Gasteiger partial charge in [0, 0.05) is 12.0 Å². The van der Waals surface area contributed by atoms with Gasteiger partial charge < -0.3 is 5.73 Å². The van der Waals surface area contributed by atoms with Gasteiger partial charge >= 0.3 is 6.18 Å². The Morgan fingerprint density at radius 2 is 2.00 bits per heavy atom. The molecule has 1 rings (SSSR count). The fraction of sp³-hybridized carbons (Fsp3) is 0.462. The highest BCUT2D eigenvalue weighted by Crippen LogP contribution is 2.31. The molecule has 0 spiro atoms. The molecule has 0 saturated carbocycles. The second-order valence-corrected chi connectivity index (χ2v) is 4.50. The van der Waals surface area contributed by atoms with E-state index in [9.17, 15) is 22.4 Å². The monoisotopic (exact) mass is 277 g/mol. The molecule has 0 bridgehead atoms. The van der Waals surface area contributed by atoms with E-state index in [2.05, 4.69) is 0 Å². The van der Waals surface area contributed by atoms with Gasteiger partial charge in [-0.2, -0.15) is 13.2 Å². The predicted molar refractivity (Wildman–Crippen MR) is 63.2 cm³/mol. The van der Waals surface area contributed by atoms with Gasteiger partial charge in [-0.15, -0.1) is 0 Å². The molecule has 1 aromatic carbocycles. The van der Waals surface area contributed by atoms with Crippen molar-refractivity contribution in [3.05, 3.63) is 35.1 Å². The Bertz CT molecular complexity index is 456. The lowest BCUT2D eigenvalue weighted by atomic mass is 9.99. The van der Waals surface area contributed by atoms with Gasteiger partial charge in [0.15, 0.2) is 5.78 Å². The van der Waals surface area contributed by atoms with E-state index in [4.69, 9.17) is 5.73 Å². The molecule has 106 valence electrons. The summed E-state index contributed by atoms with van der Waals surface area (Å²) >= 11 is 0. The van der Waals surface area contributed by atoms with Crippen LogP contribution in [-0.2, 0) is 6.18 Å². The molecule has 19 heavy (non-hydrogen) atoms. The first kappa shape index (κ1) is 15.6. The van der Waals surface area contributed by atoms with Crippen LogP contribution in [-0.4, -0.2) is 12.3 Å². The average Bonchev–Trinajstić information content (AvgIpc) is 2.33. The normalized spacial score (nSPS) is 13.4. The molecule has 0 aliphatic carbocycles. The largest absolute Gasteiger partial charge is 0.419 e. The maximum atomic E-state index is 13.3. The highest BCUT2D eigenvalue weighted by atomic mass is 19.4. The van der Waals surface area contributed by atoms with Crippen molar-refractivity contribution < 1.29 is 22.4 Å². The standard InChI is InChI=1S/C13H15F4NO/c1-8(7-18)2-5-12(19)9-3-4-10(11(14)6-9)13(15,16)17/h3-4,6,8H,2,5,7,18H2,1H3. The van der Waals surface area contributed by atoms with E-state index < -0.39 is 17.6 Å². The van der Waals surface area contributed by atoms with Gasteiger partial charge in [0.2, 0.25) is 0 Å². The van der Waals surface area contributed by atoms with Crippen molar-refractivity contribution in [2.24, 2.45) is 11.7 Å². The molecular formula is C13H15F4NO. The number of alkyl halides is 3. The number of carbonyl (C=O) groups is 1. The molecule has 0 aliphatic rings. The maximum absolute atomic E-state index is 13.3. The van der Waals surface area contributed by atoms with E-state index >= 15 is 0 Å². The lowest BCUT2D eigenvalue weighted by Gasteiger charge is -2.10. The molecule has 6 heteroatoms. The second kappa shape index (κ2) is 6.14. The zero-order valence-electron chi connectivity index (χ0n) is 10.4. The summed E-state index contributed by atoms with van der Waals surface area (Å²) in [5.41, 5.74) is 3.98. The van der Waals surface area contributed by atoms with Gasteiger partial charge in [0.25, 0.3) is 0 Å². The number of rotatable bonds is 5. The van der Waals surface area contributed by atoms with Crippen molar-refractivity contribution in [2.45, 2.75) is 25.9 Å². The minimum Gasteiger partial charge on any atom is -0.330 e. The lowest BCUT2D eigenvalue weighted by Crippen LogP contribution is -2.13. The number of carbonyl (C=O) groups excluding carboxylic acids is 1. The van der Waals surface area contributed by atoms with Gasteiger partial charge in [0.05, 0.1) is 5.56 Å². The van der Waals surface area contributed by atoms with E-state index in [-0.39, 0.29) is 23.7 Å². The summed E-state index contributed by atoms with van der Waals surface area (Å²) in [7, 11) is 0. The van der Waals surface area contributed by atoms with Crippen molar-refractivity contribution in [2.75, 3.05) is 6.54 Å². The number of benzene rings is 1. The van der Waals surface area contributed by atoms with Gasteiger partial charge in [-0.1, -0.05) is 13.0 Å². The Morgan fingerprint density at radius 3 is 2.47 bits per heavy atom. The van der Waals surface area contributed by atoms with Gasteiger partial charge in [0.1, 0.15) is 5.82 Å². The van der Waals surface area contributed by atoms with E-state index in [0.29, 0.717) is 25.1 Å². The summed E-state index contributed by atoms with van der Waals surface area (Å²) in [6, 6.07) is 2.23. The lowest BCUT2D eigenvalue weighted by molar-refractivity contribution is -0.140. The van der Waals surface area contributed by atoms with Gasteiger partial charge in [-0.3, -0.25) is 4.79 Å². The topological polar surface area (TPSA) is 43.1 Å². The highest BCUT2D eigenvalue weighted by Gasteiger charge is 2.34. The van der Waals surface area contributed by atoms with Crippen LogP contribution in [0.25, 0.3) is 0 Å². The quantitative estimate of drug-likeness (QED) is 0.662. The SMILES string of the molecule is CC(CN)CCC(=O)c1ccc(C(F)(F)F)c(F)c1. The zero-order chi connectivity index (χ0) is 14.6. The van der Waals surface area contributed by atoms with E-state index in [1.165, 1.54) is 0 Å². The molecule has 0 aromatic heterocycles. The van der Waals surface area contributed by atoms with Crippen molar-refractivity contribution in [1.29, 1.82) is 0 Å². The summed E-state index contributed by atoms with van der Waals surface area (Å²) < 4.78 is 50.3. The Morgan fingerprint density at radius 1 is 1.37 bits per heavy atom. The van der Waals surface area contributed by atoms with Crippen molar-refractivity contribution in [3.63, 3.8) is 0 Å². The third kappa shape index (κ3) is 4.31. The van der Waals surface area contributed by atoms with Crippen LogP contribution in [0.3, 0.4) is 0 Å². The van der Waals surface area contributed by atoms with Crippen molar-refractivity contribution >= 4 is 5.78 Å². The van der Waals surface area contributed by atoms with Crippen LogP contribution in [0, 0.1) is 11.7 Å². The fourth-order valence-electron chi connectivity index (χ4n) is 1.56. The molecule has 0 heterocycles. The minimum atomic E-state index is -4.75. The fourth-order valence-corrected chi connectivity index (χ4v) is 1.56. The molecule has 0 fully saturated rings. The van der Waals surface area contributed by atoms with Crippen LogP contribution in [0.5, 0.6) is 0 Å². The first-order chi connectivity index (χ1) is 8.75. The van der Waals surface area contributed by atoms with Crippen LogP contribution in [0.2, 0.25) is 0 Å². The number of nitrogens with two attached hydrogens (primary N) is 1. The van der Waals surface area contributed by atoms with Gasteiger partial charge in [-0.25, -0.2) is 4.39 Å². The van der Waals surface area contributed by atoms with E-state index in [1.807, 2.05) is 6.92 Å². The summed E-state index contributed by atoms with van der Waals surface area (Å²) in [5.74, 6) is -1.67. The molecule has 0 amide bonds. The van der Waals surface area contributed by atoms with Gasteiger partial charge in [-0.05, 0) is 31.0 Å². The Balaban J connectivity index is 2.81. The first-order valence-electron chi connectivity index (χ1n) is 5.85. The molecule has 1 atom stereocenters. The summed E-state index contributed by atoms with van der Waals surface area (Å²) in [6.45, 7) is 2.29. The van der Waals surface area contributed by atoms with E-state index in [1.54, 1.807) is 0 Å². The summed E-state index contributed by atoms with van der Waals surface area (Å²) in [6.07, 6.45) is -4.08. The molecule has 0 saturated heterocycles. The molecule has 2 nitrogen and oxygen atoms in total. The maximum Gasteiger partial charge on any atom is 0.419 e. The van der Waals surface area contributed by atoms with Crippen LogP contribution in [0.15, 0.2) is 18.2 Å². The third-order valence-corrected chi connectivity index (χ3v) is 2.86. The van der Waals surface area contributed by atoms with Crippen LogP contribution in [0.1, 0.15) is 35.7 Å². The number of hydrogen-bond acceptors (Lipinski definition) is 2. The Kier molecular flexibility index (Phi) is 5.05. The molecule has 0 radical (unpaired) electrons. The van der Waals surface area contributed by atoms with Crippen LogP contribution in [0.4, 0.5) is 17.6 Å². The van der Waals surface area contributed by atoms with Crippen LogP contribution >= 0.6 is 0 Å². The van der Waals surface area contributed by atoms with E-state index in [0.717, 1.165) is 6.07 Å². The molecule has 1 aromatic rings. The van der Waals surface area contributed by atoms with Crippen LogP contribution < -0.4 is 5.73 Å². The average molecular weight is 277 g/mol. The molecular weight excluding hydrogens is 262 g/mol. The van der Waals surface area contributed by atoms with Crippen molar-refractivity contribution in [1.82, 2.24) is 0 Å². The molecule has 1 unspecified atom stereocenters. The smallest absolute Gasteiger partial charge is 0.330 e. The Labute approximate surface area is 108 Å². The summed E-state index contributed by atoms with van der Waals surface area (Å²) in [4.78, 5) is 11.7. The highest BCUT2D eigenvalue weighted by molar-refractivity contribution is 5.96. The third-order valence-electron chi connectivity index (χ3n) is 2.86.